The molecule has 0 bridgehead atoms. The standard InChI is InChI=1S/C16H17N3O/c1-17-15-8-7-14(10-18-15)19-16(20)13-6-5-11-3-2-4-12(11)9-13/h5-10H,2-4H2,1H3,(H,17,18)(H,19,20). The third kappa shape index (κ3) is 2.50. The van der Waals surface area contributed by atoms with Crippen molar-refractivity contribution in [2.24, 2.45) is 0 Å². The molecule has 102 valence electrons. The van der Waals surface area contributed by atoms with E-state index >= 15 is 0 Å². The predicted octanol–water partition coefficient (Wildman–Crippen LogP) is 2.86. The SMILES string of the molecule is CNc1ccc(NC(=O)c2ccc3c(c2)CCC3)cn1. The summed E-state index contributed by atoms with van der Waals surface area (Å²) < 4.78 is 0. The van der Waals surface area contributed by atoms with Crippen LogP contribution in [0.4, 0.5) is 11.5 Å². The van der Waals surface area contributed by atoms with Crippen LogP contribution in [0.3, 0.4) is 0 Å². The molecule has 0 radical (unpaired) electrons. The fourth-order valence-electron chi connectivity index (χ4n) is 2.53. The number of anilines is 2. The number of hydrogen-bond acceptors (Lipinski definition) is 3. The van der Waals surface area contributed by atoms with Crippen molar-refractivity contribution in [3.05, 3.63) is 53.2 Å². The first kappa shape index (κ1) is 12.7. The number of aromatic nitrogens is 1. The second kappa shape index (κ2) is 5.33. The number of hydrogen-bond donors (Lipinski definition) is 2. The average Bonchev–Trinajstić information content (AvgIpc) is 2.95. The van der Waals surface area contributed by atoms with E-state index in [1.54, 1.807) is 6.20 Å². The minimum Gasteiger partial charge on any atom is -0.373 e. The lowest BCUT2D eigenvalue weighted by Crippen LogP contribution is -2.12. The van der Waals surface area contributed by atoms with Gasteiger partial charge >= 0.3 is 0 Å². The molecule has 0 spiro atoms. The van der Waals surface area contributed by atoms with Crippen molar-refractivity contribution in [2.45, 2.75) is 19.3 Å². The highest BCUT2D eigenvalue weighted by atomic mass is 16.1. The summed E-state index contributed by atoms with van der Waals surface area (Å²) in [6.07, 6.45) is 5.05. The molecular weight excluding hydrogens is 250 g/mol. The number of pyridine rings is 1. The van der Waals surface area contributed by atoms with Gasteiger partial charge in [0.25, 0.3) is 5.91 Å². The van der Waals surface area contributed by atoms with Gasteiger partial charge in [-0.1, -0.05) is 6.07 Å². The number of nitrogens with one attached hydrogen (secondary N) is 2. The Labute approximate surface area is 118 Å². The largest absolute Gasteiger partial charge is 0.373 e. The second-order valence-electron chi connectivity index (χ2n) is 4.97. The van der Waals surface area contributed by atoms with Crippen LogP contribution in [0.25, 0.3) is 0 Å². The van der Waals surface area contributed by atoms with E-state index in [4.69, 9.17) is 0 Å². The maximum Gasteiger partial charge on any atom is 0.255 e. The second-order valence-corrected chi connectivity index (χ2v) is 4.97. The summed E-state index contributed by atoms with van der Waals surface area (Å²) in [5.74, 6) is 0.694. The summed E-state index contributed by atoms with van der Waals surface area (Å²) in [6.45, 7) is 0. The number of nitrogens with zero attached hydrogens (tertiary/aromatic N) is 1. The van der Waals surface area contributed by atoms with Crippen molar-refractivity contribution in [3.8, 4) is 0 Å². The Balaban J connectivity index is 1.75. The number of aryl methyl sites for hydroxylation is 2. The Morgan fingerprint density at radius 1 is 1.15 bits per heavy atom. The van der Waals surface area contributed by atoms with Gasteiger partial charge in [0.15, 0.2) is 0 Å². The van der Waals surface area contributed by atoms with Crippen LogP contribution >= 0.6 is 0 Å². The Hall–Kier alpha value is -2.36. The fourth-order valence-corrected chi connectivity index (χ4v) is 2.53. The third-order valence-electron chi connectivity index (χ3n) is 3.64. The van der Waals surface area contributed by atoms with E-state index in [0.717, 1.165) is 18.7 Å². The van der Waals surface area contributed by atoms with E-state index in [-0.39, 0.29) is 5.91 Å². The van der Waals surface area contributed by atoms with Crippen molar-refractivity contribution < 1.29 is 4.79 Å². The van der Waals surface area contributed by atoms with Gasteiger partial charge in [0.2, 0.25) is 0 Å². The first-order valence-corrected chi connectivity index (χ1v) is 6.83. The molecule has 0 saturated carbocycles. The summed E-state index contributed by atoms with van der Waals surface area (Å²) in [5, 5.41) is 5.82. The minimum absolute atomic E-state index is 0.0845. The van der Waals surface area contributed by atoms with Crippen LogP contribution in [-0.4, -0.2) is 17.9 Å². The van der Waals surface area contributed by atoms with Gasteiger partial charge in [0, 0.05) is 12.6 Å². The molecule has 2 N–H and O–H groups in total. The zero-order valence-corrected chi connectivity index (χ0v) is 11.4. The molecule has 20 heavy (non-hydrogen) atoms. The molecule has 0 saturated heterocycles. The molecule has 4 nitrogen and oxygen atoms in total. The van der Waals surface area contributed by atoms with Crippen molar-refractivity contribution >= 4 is 17.4 Å². The van der Waals surface area contributed by atoms with Crippen LogP contribution in [0, 0.1) is 0 Å². The molecule has 2 aromatic rings. The molecule has 4 heteroatoms. The van der Waals surface area contributed by atoms with E-state index in [0.29, 0.717) is 11.3 Å². The van der Waals surface area contributed by atoms with Crippen LogP contribution in [0.15, 0.2) is 36.5 Å². The zero-order valence-electron chi connectivity index (χ0n) is 11.4. The molecule has 3 rings (SSSR count). The smallest absolute Gasteiger partial charge is 0.255 e. The molecule has 1 heterocycles. The van der Waals surface area contributed by atoms with E-state index in [2.05, 4.69) is 21.7 Å². The van der Waals surface area contributed by atoms with E-state index in [1.807, 2.05) is 31.3 Å². The molecule has 1 amide bonds. The van der Waals surface area contributed by atoms with Gasteiger partial charge in [-0.15, -0.1) is 0 Å². The van der Waals surface area contributed by atoms with Crippen molar-refractivity contribution in [3.63, 3.8) is 0 Å². The summed E-state index contributed by atoms with van der Waals surface area (Å²) in [7, 11) is 1.81. The van der Waals surface area contributed by atoms with Crippen molar-refractivity contribution in [1.82, 2.24) is 4.98 Å². The first-order chi connectivity index (χ1) is 9.76. The lowest BCUT2D eigenvalue weighted by atomic mass is 10.1. The minimum atomic E-state index is -0.0845. The van der Waals surface area contributed by atoms with E-state index in [1.165, 1.54) is 17.5 Å². The quantitative estimate of drug-likeness (QED) is 0.899. The topological polar surface area (TPSA) is 54.0 Å². The monoisotopic (exact) mass is 267 g/mol. The lowest BCUT2D eigenvalue weighted by molar-refractivity contribution is 0.102. The Bertz CT molecular complexity index is 635. The maximum atomic E-state index is 12.2. The van der Waals surface area contributed by atoms with Gasteiger partial charge in [-0.25, -0.2) is 4.98 Å². The van der Waals surface area contributed by atoms with Crippen LogP contribution in [0.1, 0.15) is 27.9 Å². The van der Waals surface area contributed by atoms with Gasteiger partial charge in [0.05, 0.1) is 11.9 Å². The summed E-state index contributed by atoms with van der Waals surface area (Å²) in [5.41, 5.74) is 4.10. The first-order valence-electron chi connectivity index (χ1n) is 6.83. The molecule has 1 aromatic heterocycles. The van der Waals surface area contributed by atoms with Crippen molar-refractivity contribution in [2.75, 3.05) is 17.7 Å². The summed E-state index contributed by atoms with van der Waals surface area (Å²) in [4.78, 5) is 16.4. The highest BCUT2D eigenvalue weighted by Crippen LogP contribution is 2.23. The number of fused-ring (bicyclic) bond motifs is 1. The maximum absolute atomic E-state index is 12.2. The Morgan fingerprint density at radius 3 is 2.75 bits per heavy atom. The molecule has 0 atom stereocenters. The van der Waals surface area contributed by atoms with Crippen LogP contribution in [-0.2, 0) is 12.8 Å². The number of carbonyl (C=O) groups excluding carboxylic acids is 1. The molecule has 1 aliphatic carbocycles. The number of amides is 1. The third-order valence-corrected chi connectivity index (χ3v) is 3.64. The molecule has 0 fully saturated rings. The predicted molar refractivity (Wildman–Crippen MR) is 80.2 cm³/mol. The normalized spacial score (nSPS) is 12.8. The Kier molecular flexibility index (Phi) is 3.37. The number of benzene rings is 1. The molecule has 0 aliphatic heterocycles. The van der Waals surface area contributed by atoms with Gasteiger partial charge in [-0.2, -0.15) is 0 Å². The highest BCUT2D eigenvalue weighted by Gasteiger charge is 2.14. The highest BCUT2D eigenvalue weighted by molar-refractivity contribution is 6.04. The fraction of sp³-hybridized carbons (Fsp3) is 0.250. The number of carbonyl (C=O) groups is 1. The molecule has 1 aliphatic rings. The van der Waals surface area contributed by atoms with E-state index in [9.17, 15) is 4.79 Å². The Morgan fingerprint density at radius 2 is 2.00 bits per heavy atom. The van der Waals surface area contributed by atoms with Crippen LogP contribution < -0.4 is 10.6 Å². The lowest BCUT2D eigenvalue weighted by Gasteiger charge is -2.07. The summed E-state index contributed by atoms with van der Waals surface area (Å²) >= 11 is 0. The molecular formula is C16H17N3O. The van der Waals surface area contributed by atoms with Gasteiger partial charge < -0.3 is 10.6 Å². The number of rotatable bonds is 3. The van der Waals surface area contributed by atoms with E-state index < -0.39 is 0 Å². The van der Waals surface area contributed by atoms with Gasteiger partial charge in [-0.3, -0.25) is 4.79 Å². The molecule has 0 unspecified atom stereocenters. The van der Waals surface area contributed by atoms with Crippen molar-refractivity contribution in [1.29, 1.82) is 0 Å². The van der Waals surface area contributed by atoms with Crippen LogP contribution in [0.2, 0.25) is 0 Å². The average molecular weight is 267 g/mol. The van der Waals surface area contributed by atoms with Gasteiger partial charge in [-0.05, 0) is 54.7 Å². The summed E-state index contributed by atoms with van der Waals surface area (Å²) in [6, 6.07) is 9.64. The zero-order chi connectivity index (χ0) is 13.9. The molecule has 1 aromatic carbocycles. The van der Waals surface area contributed by atoms with Crippen LogP contribution in [0.5, 0.6) is 0 Å². The van der Waals surface area contributed by atoms with Gasteiger partial charge in [0.1, 0.15) is 5.82 Å².